The summed E-state index contributed by atoms with van der Waals surface area (Å²) in [5.41, 5.74) is 1.12. The van der Waals surface area contributed by atoms with E-state index in [4.69, 9.17) is 4.74 Å². The van der Waals surface area contributed by atoms with Gasteiger partial charge in [0.05, 0.1) is 7.11 Å². The number of piperidine rings is 1. The molecule has 0 spiro atoms. The maximum absolute atomic E-state index is 12.1. The standard InChI is InChI=1S/C19H30N2O2/c1-19(2,16-5-7-17(23-3)8-6-16)14-21-18(22)9-4-15-10-12-20-13-11-15/h5-8,15,20H,4,9-14H2,1-3H3,(H,21,22). The molecule has 1 heterocycles. The van der Waals surface area contributed by atoms with Gasteiger partial charge in [0, 0.05) is 18.4 Å². The highest BCUT2D eigenvalue weighted by molar-refractivity contribution is 5.76. The molecule has 0 aliphatic carbocycles. The largest absolute Gasteiger partial charge is 0.497 e. The molecule has 1 fully saturated rings. The fourth-order valence-corrected chi connectivity index (χ4v) is 3.06. The normalized spacial score (nSPS) is 16.1. The molecule has 4 nitrogen and oxygen atoms in total. The van der Waals surface area contributed by atoms with Crippen LogP contribution in [-0.4, -0.2) is 32.7 Å². The summed E-state index contributed by atoms with van der Waals surface area (Å²) in [6.45, 7) is 7.15. The van der Waals surface area contributed by atoms with Gasteiger partial charge in [-0.25, -0.2) is 0 Å². The Morgan fingerprint density at radius 2 is 1.91 bits per heavy atom. The summed E-state index contributed by atoms with van der Waals surface area (Å²) in [6.07, 6.45) is 4.05. The lowest BCUT2D eigenvalue weighted by molar-refractivity contribution is -0.121. The summed E-state index contributed by atoms with van der Waals surface area (Å²) < 4.78 is 5.20. The molecule has 128 valence electrons. The summed E-state index contributed by atoms with van der Waals surface area (Å²) >= 11 is 0. The second-order valence-corrected chi connectivity index (χ2v) is 7.12. The van der Waals surface area contributed by atoms with Crippen LogP contribution >= 0.6 is 0 Å². The topological polar surface area (TPSA) is 50.4 Å². The number of hydrogen-bond acceptors (Lipinski definition) is 3. The Morgan fingerprint density at radius 3 is 2.52 bits per heavy atom. The van der Waals surface area contributed by atoms with Crippen molar-refractivity contribution in [3.63, 3.8) is 0 Å². The predicted octanol–water partition coefficient (Wildman–Crippen LogP) is 2.87. The van der Waals surface area contributed by atoms with Gasteiger partial charge in [0.15, 0.2) is 0 Å². The maximum Gasteiger partial charge on any atom is 0.220 e. The third-order valence-electron chi connectivity index (χ3n) is 4.84. The average molecular weight is 318 g/mol. The Hall–Kier alpha value is -1.55. The summed E-state index contributed by atoms with van der Waals surface area (Å²) in [5, 5.41) is 6.47. The highest BCUT2D eigenvalue weighted by Gasteiger charge is 2.22. The Bertz CT molecular complexity index is 491. The molecule has 1 aliphatic heterocycles. The number of benzene rings is 1. The molecule has 1 amide bonds. The van der Waals surface area contributed by atoms with E-state index in [9.17, 15) is 4.79 Å². The van der Waals surface area contributed by atoms with Gasteiger partial charge in [0.1, 0.15) is 5.75 Å². The smallest absolute Gasteiger partial charge is 0.220 e. The molecular formula is C19H30N2O2. The Labute approximate surface area is 140 Å². The number of methoxy groups -OCH3 is 1. The van der Waals surface area contributed by atoms with Crippen LogP contribution in [0.3, 0.4) is 0 Å². The molecule has 4 heteroatoms. The molecule has 1 aromatic carbocycles. The summed E-state index contributed by atoms with van der Waals surface area (Å²) in [4.78, 5) is 12.1. The maximum atomic E-state index is 12.1. The van der Waals surface area contributed by atoms with E-state index in [0.29, 0.717) is 18.9 Å². The van der Waals surface area contributed by atoms with Crippen molar-refractivity contribution < 1.29 is 9.53 Å². The first-order valence-corrected chi connectivity index (χ1v) is 8.63. The molecule has 0 saturated carbocycles. The lowest BCUT2D eigenvalue weighted by atomic mass is 9.84. The van der Waals surface area contributed by atoms with E-state index in [0.717, 1.165) is 25.3 Å². The summed E-state index contributed by atoms with van der Waals surface area (Å²) in [7, 11) is 1.67. The molecule has 1 aliphatic rings. The van der Waals surface area contributed by atoms with Crippen LogP contribution in [0.15, 0.2) is 24.3 Å². The highest BCUT2D eigenvalue weighted by Crippen LogP contribution is 2.24. The summed E-state index contributed by atoms with van der Waals surface area (Å²) in [6, 6.07) is 8.08. The number of hydrogen-bond donors (Lipinski definition) is 2. The molecule has 0 atom stereocenters. The van der Waals surface area contributed by atoms with E-state index in [1.807, 2.05) is 12.1 Å². The molecule has 0 unspecified atom stereocenters. The van der Waals surface area contributed by atoms with Gasteiger partial charge in [-0.1, -0.05) is 26.0 Å². The number of nitrogens with one attached hydrogen (secondary N) is 2. The first-order chi connectivity index (χ1) is 11.0. The highest BCUT2D eigenvalue weighted by atomic mass is 16.5. The predicted molar refractivity (Wildman–Crippen MR) is 93.9 cm³/mol. The third kappa shape index (κ3) is 5.54. The lowest BCUT2D eigenvalue weighted by Gasteiger charge is -2.26. The lowest BCUT2D eigenvalue weighted by Crippen LogP contribution is -2.37. The van der Waals surface area contributed by atoms with Crippen LogP contribution in [-0.2, 0) is 10.2 Å². The number of carbonyl (C=O) groups is 1. The minimum absolute atomic E-state index is 0.0866. The van der Waals surface area contributed by atoms with Gasteiger partial charge in [-0.05, 0) is 56.0 Å². The molecule has 23 heavy (non-hydrogen) atoms. The SMILES string of the molecule is COc1ccc(C(C)(C)CNC(=O)CCC2CCNCC2)cc1. The summed E-state index contributed by atoms with van der Waals surface area (Å²) in [5.74, 6) is 1.73. The van der Waals surface area contributed by atoms with Crippen molar-refractivity contribution >= 4 is 5.91 Å². The van der Waals surface area contributed by atoms with Gasteiger partial charge < -0.3 is 15.4 Å². The first-order valence-electron chi connectivity index (χ1n) is 8.63. The second kappa shape index (κ2) is 8.34. The van der Waals surface area contributed by atoms with Crippen molar-refractivity contribution in [3.05, 3.63) is 29.8 Å². The first kappa shape index (κ1) is 17.8. The molecule has 0 bridgehead atoms. The Balaban J connectivity index is 1.76. The van der Waals surface area contributed by atoms with Crippen molar-refractivity contribution in [2.75, 3.05) is 26.7 Å². The average Bonchev–Trinajstić information content (AvgIpc) is 2.59. The van der Waals surface area contributed by atoms with Crippen molar-refractivity contribution in [1.82, 2.24) is 10.6 Å². The van der Waals surface area contributed by atoms with Crippen molar-refractivity contribution in [3.8, 4) is 5.75 Å². The molecule has 0 radical (unpaired) electrons. The minimum Gasteiger partial charge on any atom is -0.497 e. The number of amides is 1. The van der Waals surface area contributed by atoms with Crippen LogP contribution in [0.1, 0.15) is 45.1 Å². The molecule has 1 aromatic rings. The molecule has 2 rings (SSSR count). The molecule has 1 saturated heterocycles. The zero-order valence-corrected chi connectivity index (χ0v) is 14.7. The van der Waals surface area contributed by atoms with Crippen LogP contribution in [0.2, 0.25) is 0 Å². The third-order valence-corrected chi connectivity index (χ3v) is 4.84. The van der Waals surface area contributed by atoms with E-state index in [-0.39, 0.29) is 11.3 Å². The molecular weight excluding hydrogens is 288 g/mol. The fourth-order valence-electron chi connectivity index (χ4n) is 3.06. The number of carbonyl (C=O) groups excluding carboxylic acids is 1. The number of ether oxygens (including phenoxy) is 1. The van der Waals surface area contributed by atoms with E-state index in [2.05, 4.69) is 36.6 Å². The molecule has 0 aromatic heterocycles. The van der Waals surface area contributed by atoms with Crippen molar-refractivity contribution in [2.24, 2.45) is 5.92 Å². The Morgan fingerprint density at radius 1 is 1.26 bits per heavy atom. The van der Waals surface area contributed by atoms with Crippen LogP contribution in [0.5, 0.6) is 5.75 Å². The fraction of sp³-hybridized carbons (Fsp3) is 0.632. The van der Waals surface area contributed by atoms with Gasteiger partial charge in [-0.3, -0.25) is 4.79 Å². The second-order valence-electron chi connectivity index (χ2n) is 7.12. The zero-order chi connectivity index (χ0) is 16.7. The minimum atomic E-state index is -0.0866. The van der Waals surface area contributed by atoms with E-state index >= 15 is 0 Å². The van der Waals surface area contributed by atoms with Crippen molar-refractivity contribution in [2.45, 2.75) is 44.9 Å². The van der Waals surface area contributed by atoms with Crippen LogP contribution in [0, 0.1) is 5.92 Å². The zero-order valence-electron chi connectivity index (χ0n) is 14.7. The van der Waals surface area contributed by atoms with Gasteiger partial charge in [0.2, 0.25) is 5.91 Å². The van der Waals surface area contributed by atoms with Crippen molar-refractivity contribution in [1.29, 1.82) is 0 Å². The van der Waals surface area contributed by atoms with Gasteiger partial charge in [-0.2, -0.15) is 0 Å². The van der Waals surface area contributed by atoms with E-state index < -0.39 is 0 Å². The Kier molecular flexibility index (Phi) is 6.46. The van der Waals surface area contributed by atoms with E-state index in [1.54, 1.807) is 7.11 Å². The quantitative estimate of drug-likeness (QED) is 0.813. The van der Waals surface area contributed by atoms with Crippen LogP contribution in [0.25, 0.3) is 0 Å². The van der Waals surface area contributed by atoms with Crippen LogP contribution in [0.4, 0.5) is 0 Å². The number of rotatable bonds is 7. The van der Waals surface area contributed by atoms with Gasteiger partial charge in [0.25, 0.3) is 0 Å². The van der Waals surface area contributed by atoms with Crippen LogP contribution < -0.4 is 15.4 Å². The molecule has 2 N–H and O–H groups in total. The van der Waals surface area contributed by atoms with E-state index in [1.165, 1.54) is 18.4 Å². The monoisotopic (exact) mass is 318 g/mol. The van der Waals surface area contributed by atoms with Gasteiger partial charge in [-0.15, -0.1) is 0 Å². The van der Waals surface area contributed by atoms with Gasteiger partial charge >= 0.3 is 0 Å².